The number of hydrogen-bond acceptors (Lipinski definition) is 8. The molecule has 49 heavy (non-hydrogen) atoms. The Hall–Kier alpha value is -6.04. The van der Waals surface area contributed by atoms with Gasteiger partial charge in [0.1, 0.15) is 0 Å². The van der Waals surface area contributed by atoms with Crippen LogP contribution in [0.15, 0.2) is 60.8 Å². The first-order valence-corrected chi connectivity index (χ1v) is 14.8. The standard InChI is InChI=1S/C32H32F3N7O2.CH3N.CH2O2.H2/c1-5-16-41(4)28(44)15-14-27(43)38-31-39-30-29(22-8-7-9-23(17-22)32(33,34)35)20(3)25(19-42(30)40-31)26(6-2)37-24-12-10-21(18-36)11-13-24;1-2;2-1-3;/h6-13,17,19,37H,5,14-16H2,1-4H3,(H,38,40,43);2H,1H2;1H,(H,2,3);1H/b26-6-;;;. The number of hydrogen-bond donors (Lipinski definition) is 4. The molecular formula is C34H39F3N8O4. The van der Waals surface area contributed by atoms with Crippen LogP contribution in [0.3, 0.4) is 0 Å². The van der Waals surface area contributed by atoms with Crippen LogP contribution in [-0.4, -0.2) is 63.2 Å². The second-order valence-corrected chi connectivity index (χ2v) is 10.3. The molecule has 15 heteroatoms. The molecule has 4 N–H and O–H groups in total. The van der Waals surface area contributed by atoms with E-state index in [9.17, 15) is 22.8 Å². The van der Waals surface area contributed by atoms with Crippen LogP contribution in [0.5, 0.6) is 0 Å². The molecule has 0 radical (unpaired) electrons. The highest BCUT2D eigenvalue weighted by Crippen LogP contribution is 2.37. The van der Waals surface area contributed by atoms with Gasteiger partial charge in [-0.25, -0.2) is 4.52 Å². The maximum Gasteiger partial charge on any atom is 0.416 e. The predicted molar refractivity (Wildman–Crippen MR) is 183 cm³/mol. The third kappa shape index (κ3) is 10.5. The number of carbonyl (C=O) groups excluding carboxylic acids is 2. The number of aromatic nitrogens is 3. The van der Waals surface area contributed by atoms with Gasteiger partial charge < -0.3 is 20.7 Å². The first kappa shape index (κ1) is 39.1. The highest BCUT2D eigenvalue weighted by atomic mass is 19.4. The maximum absolute atomic E-state index is 13.7. The Morgan fingerprint density at radius 3 is 2.39 bits per heavy atom. The van der Waals surface area contributed by atoms with Crippen molar-refractivity contribution >= 4 is 48.0 Å². The number of rotatable bonds is 10. The van der Waals surface area contributed by atoms with Crippen molar-refractivity contribution in [2.75, 3.05) is 24.2 Å². The summed E-state index contributed by atoms with van der Waals surface area (Å²) < 4.78 is 42.5. The van der Waals surface area contributed by atoms with Gasteiger partial charge in [0, 0.05) is 56.6 Å². The van der Waals surface area contributed by atoms with Crippen molar-refractivity contribution in [2.24, 2.45) is 0 Å². The number of benzene rings is 2. The average molecular weight is 681 g/mol. The normalized spacial score (nSPS) is 10.9. The van der Waals surface area contributed by atoms with Crippen LogP contribution < -0.4 is 10.6 Å². The highest BCUT2D eigenvalue weighted by molar-refractivity contribution is 5.93. The fourth-order valence-corrected chi connectivity index (χ4v) is 4.76. The molecule has 2 heterocycles. The number of alkyl halides is 3. The first-order valence-electron chi connectivity index (χ1n) is 14.8. The molecule has 0 bridgehead atoms. The van der Waals surface area contributed by atoms with E-state index in [4.69, 9.17) is 20.6 Å². The summed E-state index contributed by atoms with van der Waals surface area (Å²) in [6.07, 6.45) is -0.329. The topological polar surface area (TPSA) is 177 Å². The van der Waals surface area contributed by atoms with Gasteiger partial charge in [0.25, 0.3) is 6.47 Å². The number of nitrogens with zero attached hydrogens (tertiary/aromatic N) is 5. The SMILES string of the molecule is C/C=C(\Nc1ccc(C#N)cc1)c1cn2nc(NC(=O)CCC(=O)N(C)CCC)nc2c(-c2cccc(C(F)(F)F)c2)c1C.C=N.O=CO.[HH]. The Labute approximate surface area is 282 Å². The van der Waals surface area contributed by atoms with Crippen molar-refractivity contribution in [1.29, 1.82) is 10.7 Å². The van der Waals surface area contributed by atoms with E-state index in [2.05, 4.69) is 33.5 Å². The molecule has 2 aromatic carbocycles. The Bertz CT molecular complexity index is 1840. The average Bonchev–Trinajstić information content (AvgIpc) is 3.48. The lowest BCUT2D eigenvalue weighted by Gasteiger charge is -2.18. The van der Waals surface area contributed by atoms with Crippen molar-refractivity contribution < 1.29 is 34.1 Å². The molecule has 2 aromatic heterocycles. The smallest absolute Gasteiger partial charge is 0.416 e. The Morgan fingerprint density at radius 2 is 1.82 bits per heavy atom. The number of halogens is 3. The summed E-state index contributed by atoms with van der Waals surface area (Å²) in [5.74, 6) is -0.671. The Balaban J connectivity index is 0.00000197. The van der Waals surface area contributed by atoms with Gasteiger partial charge in [-0.15, -0.1) is 5.10 Å². The minimum atomic E-state index is -4.56. The van der Waals surface area contributed by atoms with Crippen molar-refractivity contribution in [1.82, 2.24) is 19.5 Å². The number of carbonyl (C=O) groups is 3. The maximum atomic E-state index is 13.7. The second-order valence-electron chi connectivity index (χ2n) is 10.3. The number of nitrogens with one attached hydrogen (secondary N) is 3. The van der Waals surface area contributed by atoms with Gasteiger partial charge in [-0.2, -0.15) is 23.4 Å². The molecule has 0 saturated heterocycles. The van der Waals surface area contributed by atoms with Crippen LogP contribution in [0.2, 0.25) is 0 Å². The second kappa shape index (κ2) is 18.3. The molecule has 4 rings (SSSR count). The Kier molecular flexibility index (Phi) is 14.6. The quantitative estimate of drug-likeness (QED) is 0.104. The van der Waals surface area contributed by atoms with Gasteiger partial charge in [0.15, 0.2) is 5.65 Å². The molecule has 0 atom stereocenters. The van der Waals surface area contributed by atoms with Crippen LogP contribution >= 0.6 is 0 Å². The summed E-state index contributed by atoms with van der Waals surface area (Å²) in [6, 6.07) is 13.9. The monoisotopic (exact) mass is 680 g/mol. The number of fused-ring (bicyclic) bond motifs is 1. The molecule has 0 unspecified atom stereocenters. The Morgan fingerprint density at radius 1 is 1.16 bits per heavy atom. The lowest BCUT2D eigenvalue weighted by Crippen LogP contribution is -2.28. The fraction of sp³-hybridized carbons (Fsp3) is 0.265. The predicted octanol–water partition coefficient (Wildman–Crippen LogP) is 6.87. The number of pyridine rings is 1. The number of carboxylic acid groups (broad SMARTS) is 1. The number of allylic oxidation sites excluding steroid dienone is 1. The number of nitriles is 1. The van der Waals surface area contributed by atoms with E-state index in [1.807, 2.05) is 19.9 Å². The minimum Gasteiger partial charge on any atom is -0.483 e. The van der Waals surface area contributed by atoms with Crippen molar-refractivity contribution in [3.63, 3.8) is 0 Å². The molecule has 0 aliphatic heterocycles. The van der Waals surface area contributed by atoms with Crippen molar-refractivity contribution in [2.45, 2.75) is 46.2 Å². The van der Waals surface area contributed by atoms with Crippen molar-refractivity contribution in [3.05, 3.63) is 83.1 Å². The van der Waals surface area contributed by atoms with Crippen LogP contribution in [0, 0.1) is 23.7 Å². The summed E-state index contributed by atoms with van der Waals surface area (Å²) in [5, 5.41) is 31.8. The summed E-state index contributed by atoms with van der Waals surface area (Å²) in [4.78, 5) is 39.4. The van der Waals surface area contributed by atoms with Gasteiger partial charge in [0.2, 0.25) is 17.8 Å². The van der Waals surface area contributed by atoms with E-state index in [-0.39, 0.29) is 43.8 Å². The zero-order chi connectivity index (χ0) is 36.7. The van der Waals surface area contributed by atoms with Gasteiger partial charge in [-0.05, 0) is 74.5 Å². The molecule has 2 amide bonds. The van der Waals surface area contributed by atoms with Gasteiger partial charge >= 0.3 is 6.18 Å². The van der Waals surface area contributed by atoms with Crippen molar-refractivity contribution in [3.8, 4) is 17.2 Å². The minimum absolute atomic E-state index is 0. The van der Waals surface area contributed by atoms with Crippen LogP contribution in [-0.2, 0) is 20.6 Å². The fourth-order valence-electron chi connectivity index (χ4n) is 4.76. The zero-order valence-corrected chi connectivity index (χ0v) is 27.4. The molecule has 0 aliphatic carbocycles. The summed E-state index contributed by atoms with van der Waals surface area (Å²) in [5.41, 5.74) is 3.19. The number of amides is 2. The van der Waals surface area contributed by atoms with E-state index in [0.717, 1.165) is 18.6 Å². The van der Waals surface area contributed by atoms with E-state index in [1.165, 1.54) is 10.6 Å². The van der Waals surface area contributed by atoms with E-state index >= 15 is 0 Å². The van der Waals surface area contributed by atoms with Gasteiger partial charge in [-0.3, -0.25) is 19.7 Å². The van der Waals surface area contributed by atoms with Gasteiger partial charge in [-0.1, -0.05) is 25.1 Å². The van der Waals surface area contributed by atoms with E-state index in [1.54, 1.807) is 55.4 Å². The summed E-state index contributed by atoms with van der Waals surface area (Å²) in [7, 11) is 1.68. The molecule has 0 saturated carbocycles. The largest absolute Gasteiger partial charge is 0.483 e. The summed E-state index contributed by atoms with van der Waals surface area (Å²) in [6.45, 7) is 8.38. The third-order valence-corrected chi connectivity index (χ3v) is 7.04. The molecule has 0 spiro atoms. The molecule has 0 fully saturated rings. The summed E-state index contributed by atoms with van der Waals surface area (Å²) >= 11 is 0. The molecule has 12 nitrogen and oxygen atoms in total. The van der Waals surface area contributed by atoms with Gasteiger partial charge in [0.05, 0.1) is 17.2 Å². The van der Waals surface area contributed by atoms with Crippen LogP contribution in [0.1, 0.15) is 56.8 Å². The first-order chi connectivity index (χ1) is 23.4. The molecule has 0 aliphatic rings. The lowest BCUT2D eigenvalue weighted by molar-refractivity contribution is -0.137. The molecule has 4 aromatic rings. The van der Waals surface area contributed by atoms with E-state index in [0.29, 0.717) is 40.2 Å². The molecular weight excluding hydrogens is 641 g/mol. The third-order valence-electron chi connectivity index (χ3n) is 7.04. The number of anilines is 2. The molecule has 260 valence electrons. The highest BCUT2D eigenvalue weighted by Gasteiger charge is 2.31. The zero-order valence-electron chi connectivity index (χ0n) is 27.4. The lowest BCUT2D eigenvalue weighted by atomic mass is 9.95. The van der Waals surface area contributed by atoms with Crippen LogP contribution in [0.25, 0.3) is 22.5 Å². The van der Waals surface area contributed by atoms with E-state index < -0.39 is 17.6 Å². The van der Waals surface area contributed by atoms with Crippen LogP contribution in [0.4, 0.5) is 24.8 Å².